The lowest BCUT2D eigenvalue weighted by atomic mass is 10.0. The van der Waals surface area contributed by atoms with Crippen LogP contribution < -0.4 is 0 Å². The van der Waals surface area contributed by atoms with E-state index < -0.39 is 97.5 Å². The molecular weight excluding hydrogens is 1100 g/mol. The summed E-state index contributed by atoms with van der Waals surface area (Å²) in [4.78, 5) is 72.0. The first-order chi connectivity index (χ1) is 40.2. The third-order valence-corrected chi connectivity index (χ3v) is 16.8. The van der Waals surface area contributed by atoms with Crippen LogP contribution in [0.25, 0.3) is 0 Å². The van der Waals surface area contributed by atoms with Crippen LogP contribution >= 0.6 is 15.6 Å². The van der Waals surface area contributed by atoms with Crippen LogP contribution in [0.4, 0.5) is 0 Å². The Morgan fingerprint density at radius 3 is 0.711 bits per heavy atom. The van der Waals surface area contributed by atoms with Crippen molar-refractivity contribution in [1.82, 2.24) is 0 Å². The highest BCUT2D eigenvalue weighted by molar-refractivity contribution is 7.47. The van der Waals surface area contributed by atoms with Gasteiger partial charge in [0.05, 0.1) is 26.4 Å². The van der Waals surface area contributed by atoms with E-state index in [1.54, 1.807) is 0 Å². The molecule has 0 aromatic heterocycles. The van der Waals surface area contributed by atoms with Gasteiger partial charge in [-0.2, -0.15) is 0 Å². The Bertz CT molecular complexity index is 1600. The summed E-state index contributed by atoms with van der Waals surface area (Å²) in [6, 6.07) is 0. The van der Waals surface area contributed by atoms with Crippen LogP contribution in [0.1, 0.15) is 329 Å². The maximum absolute atomic E-state index is 13.0. The zero-order chi connectivity index (χ0) is 61.2. The normalized spacial score (nSPS) is 14.2. The number of aliphatic hydroxyl groups excluding tert-OH is 1. The monoisotopic (exact) mass is 1230 g/mol. The van der Waals surface area contributed by atoms with Crippen LogP contribution in [0.15, 0.2) is 0 Å². The quantitative estimate of drug-likeness (QED) is 0.0222. The Kier molecular flexibility index (Phi) is 57.7. The Morgan fingerprint density at radius 1 is 0.289 bits per heavy atom. The van der Waals surface area contributed by atoms with Gasteiger partial charge in [-0.3, -0.25) is 37.3 Å². The number of unbranched alkanes of at least 4 members (excludes halogenated alkanes) is 39. The molecule has 0 heterocycles. The molecule has 17 nitrogen and oxygen atoms in total. The van der Waals surface area contributed by atoms with Crippen LogP contribution in [0, 0.1) is 0 Å². The van der Waals surface area contributed by atoms with Gasteiger partial charge in [0.2, 0.25) is 0 Å². The van der Waals surface area contributed by atoms with E-state index >= 15 is 0 Å². The second-order valence-corrected chi connectivity index (χ2v) is 26.1. The van der Waals surface area contributed by atoms with Crippen molar-refractivity contribution in [3.05, 3.63) is 0 Å². The highest BCUT2D eigenvalue weighted by Crippen LogP contribution is 2.45. The van der Waals surface area contributed by atoms with Gasteiger partial charge in [0, 0.05) is 25.7 Å². The summed E-state index contributed by atoms with van der Waals surface area (Å²) in [6.07, 6.45) is 44.7. The standard InChI is InChI=1S/C64H124O17P2/c1-5-9-13-17-20-23-26-28-29-30-33-36-39-43-47-51-64(69)81-60(55-75-62(67)48-44-41-37-34-31-25-22-19-15-11-7-3)57-79-83(72,73)77-53-58(65)52-76-82(70,71)78-56-59(80-63(68)50-46-40-16-12-8-4)54-74-61(66)49-45-42-38-35-32-27-24-21-18-14-10-6-2/h58-60,65H,5-57H2,1-4H3,(H,70,71)(H,72,73)/t58-,59-,60-/m1/s1. The average Bonchev–Trinajstić information content (AvgIpc) is 3.46. The molecule has 0 aliphatic heterocycles. The minimum absolute atomic E-state index is 0.100. The summed E-state index contributed by atoms with van der Waals surface area (Å²) in [6.45, 7) is 4.81. The number of carbonyl (C=O) groups is 4. The number of esters is 4. The summed E-state index contributed by atoms with van der Waals surface area (Å²) in [5, 5.41) is 10.5. The molecule has 0 bridgehead atoms. The SMILES string of the molecule is CCCCCCCCCCCCCCCCCC(=O)O[C@H](COC(=O)CCCCCCCCCCCCC)COP(=O)(O)OC[C@H](O)COP(=O)(O)OC[C@@H](COC(=O)CCCCCCCCCCCCCC)OC(=O)CCCCCCC. The van der Waals surface area contributed by atoms with Crippen molar-refractivity contribution >= 4 is 39.5 Å². The number of carbonyl (C=O) groups excluding carboxylic acids is 4. The number of rotatable bonds is 65. The Morgan fingerprint density at radius 2 is 0.482 bits per heavy atom. The molecule has 0 fully saturated rings. The Labute approximate surface area is 505 Å². The van der Waals surface area contributed by atoms with E-state index in [9.17, 15) is 43.2 Å². The number of hydrogen-bond acceptors (Lipinski definition) is 15. The van der Waals surface area contributed by atoms with Crippen molar-refractivity contribution in [3.63, 3.8) is 0 Å². The lowest BCUT2D eigenvalue weighted by molar-refractivity contribution is -0.161. The van der Waals surface area contributed by atoms with Crippen LogP contribution in [0.2, 0.25) is 0 Å². The predicted octanol–water partition coefficient (Wildman–Crippen LogP) is 17.9. The molecule has 0 saturated carbocycles. The summed E-state index contributed by atoms with van der Waals surface area (Å²) in [5.74, 6) is -2.14. The molecule has 0 aromatic carbocycles. The second kappa shape index (κ2) is 59.0. The van der Waals surface area contributed by atoms with Gasteiger partial charge in [0.15, 0.2) is 12.2 Å². The van der Waals surface area contributed by atoms with Crippen molar-refractivity contribution in [3.8, 4) is 0 Å². The minimum atomic E-state index is -4.94. The third kappa shape index (κ3) is 58.8. The highest BCUT2D eigenvalue weighted by atomic mass is 31.2. The van der Waals surface area contributed by atoms with E-state index in [4.69, 9.17) is 37.0 Å². The van der Waals surface area contributed by atoms with Crippen LogP contribution in [0.5, 0.6) is 0 Å². The summed E-state index contributed by atoms with van der Waals surface area (Å²) >= 11 is 0. The first kappa shape index (κ1) is 81.1. The molecule has 0 radical (unpaired) electrons. The highest BCUT2D eigenvalue weighted by Gasteiger charge is 2.30. The fourth-order valence-corrected chi connectivity index (χ4v) is 11.2. The van der Waals surface area contributed by atoms with E-state index in [0.717, 1.165) is 89.9 Å². The molecule has 19 heteroatoms. The molecule has 0 aliphatic carbocycles. The molecule has 83 heavy (non-hydrogen) atoms. The maximum Gasteiger partial charge on any atom is 0.472 e. The topological polar surface area (TPSA) is 237 Å². The van der Waals surface area contributed by atoms with Crippen molar-refractivity contribution in [2.24, 2.45) is 0 Å². The lowest BCUT2D eigenvalue weighted by Gasteiger charge is -2.21. The smallest absolute Gasteiger partial charge is 0.462 e. The molecule has 0 saturated heterocycles. The van der Waals surface area contributed by atoms with Crippen LogP contribution in [0.3, 0.4) is 0 Å². The predicted molar refractivity (Wildman–Crippen MR) is 331 cm³/mol. The van der Waals surface area contributed by atoms with Crippen molar-refractivity contribution < 1.29 is 80.2 Å². The second-order valence-electron chi connectivity index (χ2n) is 23.2. The zero-order valence-corrected chi connectivity index (χ0v) is 54.9. The molecule has 0 aromatic rings. The summed E-state index contributed by atoms with van der Waals surface area (Å²) in [5.41, 5.74) is 0. The molecule has 0 aliphatic rings. The van der Waals surface area contributed by atoms with Gasteiger partial charge in [-0.1, -0.05) is 278 Å². The number of aliphatic hydroxyl groups is 1. The molecule has 492 valence electrons. The Hall–Kier alpha value is -1.94. The van der Waals surface area contributed by atoms with E-state index in [2.05, 4.69) is 27.7 Å². The molecule has 5 atom stereocenters. The number of hydrogen-bond donors (Lipinski definition) is 3. The Balaban J connectivity index is 5.13. The molecule has 0 spiro atoms. The van der Waals surface area contributed by atoms with Crippen LogP contribution in [-0.2, 0) is 65.4 Å². The van der Waals surface area contributed by atoms with Gasteiger partial charge < -0.3 is 33.8 Å². The average molecular weight is 1230 g/mol. The fourth-order valence-electron chi connectivity index (χ4n) is 9.63. The minimum Gasteiger partial charge on any atom is -0.462 e. The molecule has 0 rings (SSSR count). The van der Waals surface area contributed by atoms with Crippen molar-refractivity contribution in [2.75, 3.05) is 39.6 Å². The molecule has 0 amide bonds. The number of phosphoric ester groups is 2. The molecule has 3 N–H and O–H groups in total. The maximum atomic E-state index is 13.0. The summed E-state index contributed by atoms with van der Waals surface area (Å²) < 4.78 is 67.8. The van der Waals surface area contributed by atoms with Crippen molar-refractivity contribution in [1.29, 1.82) is 0 Å². The molecule has 2 unspecified atom stereocenters. The van der Waals surface area contributed by atoms with Crippen LogP contribution in [-0.4, -0.2) is 96.7 Å². The van der Waals surface area contributed by atoms with E-state index in [1.165, 1.54) is 161 Å². The third-order valence-electron chi connectivity index (χ3n) is 14.9. The molecular formula is C64H124O17P2. The first-order valence-electron chi connectivity index (χ1n) is 33.8. The van der Waals surface area contributed by atoms with Gasteiger partial charge in [0.25, 0.3) is 0 Å². The first-order valence-corrected chi connectivity index (χ1v) is 36.8. The largest absolute Gasteiger partial charge is 0.472 e. The van der Waals surface area contributed by atoms with Gasteiger partial charge in [-0.15, -0.1) is 0 Å². The van der Waals surface area contributed by atoms with E-state index in [1.807, 2.05) is 0 Å². The van der Waals surface area contributed by atoms with Crippen molar-refractivity contribution in [2.45, 2.75) is 348 Å². The zero-order valence-electron chi connectivity index (χ0n) is 53.2. The van der Waals surface area contributed by atoms with E-state index in [-0.39, 0.29) is 25.7 Å². The van der Waals surface area contributed by atoms with Gasteiger partial charge in [-0.05, 0) is 25.7 Å². The summed E-state index contributed by atoms with van der Waals surface area (Å²) in [7, 11) is -9.87. The van der Waals surface area contributed by atoms with E-state index in [0.29, 0.717) is 25.7 Å². The van der Waals surface area contributed by atoms with Gasteiger partial charge >= 0.3 is 39.5 Å². The van der Waals surface area contributed by atoms with Gasteiger partial charge in [-0.25, -0.2) is 9.13 Å². The number of ether oxygens (including phenoxy) is 4. The lowest BCUT2D eigenvalue weighted by Crippen LogP contribution is -2.30. The number of phosphoric acid groups is 2. The fraction of sp³-hybridized carbons (Fsp3) is 0.938. The van der Waals surface area contributed by atoms with Gasteiger partial charge in [0.1, 0.15) is 19.3 Å².